The maximum absolute atomic E-state index is 11.6. The van der Waals surface area contributed by atoms with Gasteiger partial charge in [0, 0.05) is 32.2 Å². The molecule has 1 heterocycles. The molecule has 0 spiro atoms. The summed E-state index contributed by atoms with van der Waals surface area (Å²) < 4.78 is 5.75. The van der Waals surface area contributed by atoms with E-state index in [0.717, 1.165) is 57.8 Å². The Labute approximate surface area is 133 Å². The zero-order valence-electron chi connectivity index (χ0n) is 13.9. The fraction of sp³-hybridized carbons (Fsp3) is 0.875. The summed E-state index contributed by atoms with van der Waals surface area (Å²) in [5.41, 5.74) is -0.119. The summed E-state index contributed by atoms with van der Waals surface area (Å²) in [6.07, 6.45) is 5.86. The van der Waals surface area contributed by atoms with E-state index in [1.807, 2.05) is 6.92 Å². The average molecular weight is 310 g/mol. The van der Waals surface area contributed by atoms with Crippen molar-refractivity contribution in [1.29, 1.82) is 0 Å². The molecule has 2 aliphatic rings. The number of nitrogens with one attached hydrogen (secondary N) is 3. The second kappa shape index (κ2) is 8.36. The van der Waals surface area contributed by atoms with Crippen molar-refractivity contribution in [2.24, 2.45) is 4.99 Å². The van der Waals surface area contributed by atoms with Crippen LogP contribution < -0.4 is 16.0 Å². The molecule has 1 amide bonds. The summed E-state index contributed by atoms with van der Waals surface area (Å²) in [5, 5.41) is 9.53. The number of aliphatic imine (C=N–C) groups is 1. The molecule has 3 N–H and O–H groups in total. The summed E-state index contributed by atoms with van der Waals surface area (Å²) in [6.45, 7) is 7.26. The molecule has 0 bridgehead atoms. The van der Waals surface area contributed by atoms with Crippen LogP contribution in [0.3, 0.4) is 0 Å². The molecular formula is C16H30N4O2. The predicted molar refractivity (Wildman–Crippen MR) is 88.0 cm³/mol. The van der Waals surface area contributed by atoms with Crippen LogP contribution in [-0.2, 0) is 9.53 Å². The molecule has 6 heteroatoms. The summed E-state index contributed by atoms with van der Waals surface area (Å²) in [6, 6.07) is 0.450. The first-order valence-electron chi connectivity index (χ1n) is 8.57. The van der Waals surface area contributed by atoms with Crippen molar-refractivity contribution in [3.63, 3.8) is 0 Å². The topological polar surface area (TPSA) is 74.8 Å². The number of ether oxygens (including phenoxy) is 1. The molecule has 1 saturated carbocycles. The molecule has 2 rings (SSSR count). The minimum Gasteiger partial charge on any atom is -0.373 e. The highest BCUT2D eigenvalue weighted by molar-refractivity contribution is 5.80. The zero-order chi connectivity index (χ0) is 15.8. The van der Waals surface area contributed by atoms with E-state index in [1.54, 1.807) is 0 Å². The highest BCUT2D eigenvalue weighted by Crippen LogP contribution is 2.24. The lowest BCUT2D eigenvalue weighted by Crippen LogP contribution is -2.40. The van der Waals surface area contributed by atoms with Crippen molar-refractivity contribution in [1.82, 2.24) is 16.0 Å². The lowest BCUT2D eigenvalue weighted by Gasteiger charge is -2.21. The van der Waals surface area contributed by atoms with Gasteiger partial charge >= 0.3 is 0 Å². The second-order valence-electron chi connectivity index (χ2n) is 6.47. The monoisotopic (exact) mass is 310 g/mol. The largest absolute Gasteiger partial charge is 0.373 e. The number of hydrogen-bond acceptors (Lipinski definition) is 3. The lowest BCUT2D eigenvalue weighted by atomic mass is 10.0. The molecule has 1 aliphatic heterocycles. The summed E-state index contributed by atoms with van der Waals surface area (Å²) >= 11 is 0. The van der Waals surface area contributed by atoms with Crippen LogP contribution in [0.2, 0.25) is 0 Å². The Morgan fingerprint density at radius 1 is 1.36 bits per heavy atom. The third-order valence-electron chi connectivity index (χ3n) is 4.03. The smallest absolute Gasteiger partial charge is 0.220 e. The number of guanidine groups is 1. The number of hydrogen-bond donors (Lipinski definition) is 3. The molecule has 22 heavy (non-hydrogen) atoms. The minimum atomic E-state index is -0.119. The van der Waals surface area contributed by atoms with Gasteiger partial charge in [0.15, 0.2) is 5.96 Å². The van der Waals surface area contributed by atoms with E-state index >= 15 is 0 Å². The maximum Gasteiger partial charge on any atom is 0.220 e. The van der Waals surface area contributed by atoms with Gasteiger partial charge in [-0.2, -0.15) is 0 Å². The van der Waals surface area contributed by atoms with Gasteiger partial charge in [-0.15, -0.1) is 0 Å². The Morgan fingerprint density at radius 2 is 2.18 bits per heavy atom. The molecule has 0 radical (unpaired) electrons. The van der Waals surface area contributed by atoms with Gasteiger partial charge in [0.05, 0.1) is 12.1 Å². The van der Waals surface area contributed by atoms with Gasteiger partial charge in [0.25, 0.3) is 0 Å². The van der Waals surface area contributed by atoms with E-state index in [4.69, 9.17) is 4.74 Å². The van der Waals surface area contributed by atoms with E-state index in [2.05, 4.69) is 27.9 Å². The van der Waals surface area contributed by atoms with Crippen molar-refractivity contribution in [3.05, 3.63) is 0 Å². The molecule has 6 nitrogen and oxygen atoms in total. The maximum atomic E-state index is 11.6. The summed E-state index contributed by atoms with van der Waals surface area (Å²) in [5.74, 6) is 0.972. The molecule has 1 saturated heterocycles. The molecule has 2 fully saturated rings. The highest BCUT2D eigenvalue weighted by Gasteiger charge is 2.29. The third kappa shape index (κ3) is 6.22. The van der Waals surface area contributed by atoms with Crippen LogP contribution >= 0.6 is 0 Å². The molecule has 0 aromatic carbocycles. The SMILES string of the molecule is CCNC(=NCC1(C)CCCO1)NCCCC(=O)NC1CC1. The zero-order valence-corrected chi connectivity index (χ0v) is 13.9. The minimum absolute atomic E-state index is 0.119. The van der Waals surface area contributed by atoms with E-state index in [9.17, 15) is 4.79 Å². The number of carbonyl (C=O) groups is 1. The average Bonchev–Trinajstić information content (AvgIpc) is 3.19. The number of amides is 1. The number of nitrogens with zero attached hydrogens (tertiary/aromatic N) is 1. The molecule has 0 aromatic heterocycles. The Hall–Kier alpha value is -1.30. The molecule has 126 valence electrons. The molecule has 1 atom stereocenters. The van der Waals surface area contributed by atoms with Gasteiger partial charge in [-0.25, -0.2) is 0 Å². The fourth-order valence-corrected chi connectivity index (χ4v) is 2.53. The quantitative estimate of drug-likeness (QED) is 0.357. The van der Waals surface area contributed by atoms with Crippen LogP contribution in [0.4, 0.5) is 0 Å². The van der Waals surface area contributed by atoms with E-state index in [0.29, 0.717) is 19.0 Å². The van der Waals surface area contributed by atoms with Gasteiger partial charge in [0.1, 0.15) is 0 Å². The normalized spacial score (nSPS) is 25.1. The third-order valence-corrected chi connectivity index (χ3v) is 4.03. The van der Waals surface area contributed by atoms with Crippen LogP contribution in [0.1, 0.15) is 52.4 Å². The summed E-state index contributed by atoms with van der Waals surface area (Å²) in [7, 11) is 0. The standard InChI is InChI=1S/C16H30N4O2/c1-3-17-15(19-12-16(2)9-5-11-22-16)18-10-4-6-14(21)20-13-7-8-13/h13H,3-12H2,1-2H3,(H,20,21)(H2,17,18,19). The predicted octanol–water partition coefficient (Wildman–Crippen LogP) is 1.17. The van der Waals surface area contributed by atoms with Crippen LogP contribution in [0.15, 0.2) is 4.99 Å². The fourth-order valence-electron chi connectivity index (χ4n) is 2.53. The Balaban J connectivity index is 1.65. The lowest BCUT2D eigenvalue weighted by molar-refractivity contribution is -0.121. The van der Waals surface area contributed by atoms with Gasteiger partial charge in [-0.05, 0) is 46.0 Å². The van der Waals surface area contributed by atoms with E-state index in [1.165, 1.54) is 0 Å². The van der Waals surface area contributed by atoms with Crippen molar-refractivity contribution < 1.29 is 9.53 Å². The van der Waals surface area contributed by atoms with Crippen molar-refractivity contribution in [2.45, 2.75) is 64.0 Å². The van der Waals surface area contributed by atoms with E-state index < -0.39 is 0 Å². The Bertz CT molecular complexity index is 388. The summed E-state index contributed by atoms with van der Waals surface area (Å²) in [4.78, 5) is 16.2. The van der Waals surface area contributed by atoms with Gasteiger partial charge < -0.3 is 20.7 Å². The molecular weight excluding hydrogens is 280 g/mol. The van der Waals surface area contributed by atoms with E-state index in [-0.39, 0.29) is 11.5 Å². The first-order valence-corrected chi connectivity index (χ1v) is 8.57. The van der Waals surface area contributed by atoms with Gasteiger partial charge in [-0.3, -0.25) is 9.79 Å². The van der Waals surface area contributed by atoms with Crippen LogP contribution in [0.25, 0.3) is 0 Å². The molecule has 1 aliphatic carbocycles. The number of carbonyl (C=O) groups excluding carboxylic acids is 1. The second-order valence-corrected chi connectivity index (χ2v) is 6.47. The number of rotatable bonds is 8. The van der Waals surface area contributed by atoms with Crippen LogP contribution in [0, 0.1) is 0 Å². The van der Waals surface area contributed by atoms with Crippen molar-refractivity contribution in [3.8, 4) is 0 Å². The highest BCUT2D eigenvalue weighted by atomic mass is 16.5. The van der Waals surface area contributed by atoms with Crippen molar-refractivity contribution >= 4 is 11.9 Å². The first kappa shape index (κ1) is 17.1. The Morgan fingerprint density at radius 3 is 2.82 bits per heavy atom. The van der Waals surface area contributed by atoms with Gasteiger partial charge in [-0.1, -0.05) is 0 Å². The molecule has 0 aromatic rings. The van der Waals surface area contributed by atoms with Gasteiger partial charge in [0.2, 0.25) is 5.91 Å². The first-order chi connectivity index (χ1) is 10.6. The van der Waals surface area contributed by atoms with Crippen LogP contribution in [0.5, 0.6) is 0 Å². The molecule has 1 unspecified atom stereocenters. The van der Waals surface area contributed by atoms with Crippen LogP contribution in [-0.4, -0.2) is 49.8 Å². The van der Waals surface area contributed by atoms with Crippen molar-refractivity contribution in [2.75, 3.05) is 26.2 Å². The Kier molecular flexibility index (Phi) is 6.49.